The van der Waals surface area contributed by atoms with Crippen LogP contribution in [-0.2, 0) is 4.74 Å². The van der Waals surface area contributed by atoms with Crippen LogP contribution in [0.25, 0.3) is 22.4 Å². The van der Waals surface area contributed by atoms with E-state index in [1.165, 1.54) is 22.4 Å². The van der Waals surface area contributed by atoms with Gasteiger partial charge in [-0.2, -0.15) is 0 Å². The third-order valence-corrected chi connectivity index (χ3v) is 8.28. The molecule has 32 heavy (non-hydrogen) atoms. The molecule has 1 fully saturated rings. The van der Waals surface area contributed by atoms with Gasteiger partial charge >= 0.3 is 0 Å². The number of fused-ring (bicyclic) bond motifs is 3. The minimum Gasteiger partial charge on any atom is -0.394 e. The molecule has 1 saturated heterocycles. The van der Waals surface area contributed by atoms with Crippen molar-refractivity contribution in [1.29, 1.82) is 0 Å². The average Bonchev–Trinajstić information content (AvgIpc) is 3.38. The molecule has 0 spiro atoms. The number of aliphatic hydroxyl groups is 3. The Morgan fingerprint density at radius 2 is 1.69 bits per heavy atom. The van der Waals surface area contributed by atoms with Gasteiger partial charge in [-0.05, 0) is 18.2 Å². The molecule has 6 rings (SSSR count). The predicted molar refractivity (Wildman–Crippen MR) is 118 cm³/mol. The van der Waals surface area contributed by atoms with E-state index >= 15 is 0 Å². The zero-order chi connectivity index (χ0) is 21.8. The van der Waals surface area contributed by atoms with E-state index in [2.05, 4.69) is 33.2 Å². The Balaban J connectivity index is 1.45. The molecule has 3 N–H and O–H groups in total. The van der Waals surface area contributed by atoms with Crippen molar-refractivity contribution in [3.8, 4) is 11.3 Å². The minimum atomic E-state index is -1.21. The quantitative estimate of drug-likeness (QED) is 0.369. The average molecular weight is 467 g/mol. The second-order valence-corrected chi connectivity index (χ2v) is 9.69. The van der Waals surface area contributed by atoms with Crippen molar-refractivity contribution in [1.82, 2.24) is 19.5 Å². The number of imidazole rings is 1. The lowest BCUT2D eigenvalue weighted by Gasteiger charge is -2.20. The molecule has 0 amide bonds. The van der Waals surface area contributed by atoms with Gasteiger partial charge in [0.25, 0.3) is 0 Å². The zero-order valence-electron chi connectivity index (χ0n) is 16.6. The molecule has 162 valence electrons. The lowest BCUT2D eigenvalue weighted by atomic mass is 10.1. The molecule has 1 unspecified atom stereocenters. The maximum atomic E-state index is 10.4. The summed E-state index contributed by atoms with van der Waals surface area (Å²) in [5, 5.41) is 30.0. The Kier molecular flexibility index (Phi) is 4.94. The van der Waals surface area contributed by atoms with Crippen LogP contribution in [0.5, 0.6) is 0 Å². The summed E-state index contributed by atoms with van der Waals surface area (Å²) in [5.41, 5.74) is 2.69. The van der Waals surface area contributed by atoms with E-state index in [1.54, 1.807) is 28.1 Å². The number of aliphatic hydroxyl groups excluding tert-OH is 3. The van der Waals surface area contributed by atoms with Gasteiger partial charge in [0.15, 0.2) is 11.9 Å². The number of rotatable bonds is 3. The van der Waals surface area contributed by atoms with Crippen LogP contribution >= 0.6 is 23.5 Å². The molecular weight excluding hydrogens is 448 g/mol. The third kappa shape index (κ3) is 3.06. The molecule has 2 aromatic carbocycles. The molecule has 8 nitrogen and oxygen atoms in total. The van der Waals surface area contributed by atoms with Crippen LogP contribution in [0.2, 0.25) is 0 Å². The summed E-state index contributed by atoms with van der Waals surface area (Å²) in [4.78, 5) is 18.1. The maximum Gasteiger partial charge on any atom is 0.166 e. The Morgan fingerprint density at radius 1 is 0.906 bits per heavy atom. The molecule has 0 aliphatic carbocycles. The Hall–Kier alpha value is -2.47. The first-order chi connectivity index (χ1) is 15.7. The second-order valence-electron chi connectivity index (χ2n) is 7.56. The monoisotopic (exact) mass is 466 g/mol. The van der Waals surface area contributed by atoms with Crippen molar-refractivity contribution in [3.05, 3.63) is 55.1 Å². The third-order valence-electron chi connectivity index (χ3n) is 5.67. The molecule has 0 saturated carbocycles. The summed E-state index contributed by atoms with van der Waals surface area (Å²) >= 11 is 3.44. The number of hydrogen-bond donors (Lipinski definition) is 3. The molecule has 0 radical (unpaired) electrons. The van der Waals surface area contributed by atoms with Crippen molar-refractivity contribution < 1.29 is 20.1 Å². The summed E-state index contributed by atoms with van der Waals surface area (Å²) in [7, 11) is 0. The van der Waals surface area contributed by atoms with Gasteiger partial charge in [-0.25, -0.2) is 15.0 Å². The van der Waals surface area contributed by atoms with Crippen molar-refractivity contribution in [2.45, 2.75) is 44.1 Å². The van der Waals surface area contributed by atoms with Gasteiger partial charge in [-0.15, -0.1) is 0 Å². The minimum absolute atomic E-state index is 0.395. The summed E-state index contributed by atoms with van der Waals surface area (Å²) < 4.78 is 7.25. The molecule has 2 aliphatic heterocycles. The van der Waals surface area contributed by atoms with Gasteiger partial charge in [-0.1, -0.05) is 47.8 Å². The normalized spacial score (nSPS) is 24.5. The van der Waals surface area contributed by atoms with Crippen LogP contribution in [0.1, 0.15) is 6.23 Å². The van der Waals surface area contributed by atoms with E-state index in [0.29, 0.717) is 16.9 Å². The van der Waals surface area contributed by atoms with E-state index in [-0.39, 0.29) is 0 Å². The summed E-state index contributed by atoms with van der Waals surface area (Å²) in [5.74, 6) is 0. The summed E-state index contributed by atoms with van der Waals surface area (Å²) in [6, 6.07) is 14.4. The Labute approximate surface area is 191 Å². The van der Waals surface area contributed by atoms with Crippen molar-refractivity contribution in [2.75, 3.05) is 6.61 Å². The topological polar surface area (TPSA) is 114 Å². The first kappa shape index (κ1) is 20.2. The van der Waals surface area contributed by atoms with Crippen LogP contribution in [0.4, 0.5) is 0 Å². The van der Waals surface area contributed by atoms with E-state index in [1.807, 2.05) is 24.3 Å². The molecule has 0 bridgehead atoms. The van der Waals surface area contributed by atoms with Crippen molar-refractivity contribution in [3.63, 3.8) is 0 Å². The van der Waals surface area contributed by atoms with E-state index < -0.39 is 31.1 Å². The number of nitrogens with zero attached hydrogens (tertiary/aromatic N) is 4. The first-order valence-corrected chi connectivity index (χ1v) is 11.7. The molecular formula is C22H18N4O4S2. The Bertz CT molecular complexity index is 1330. The molecule has 2 aromatic heterocycles. The Morgan fingerprint density at radius 3 is 2.47 bits per heavy atom. The molecule has 4 aromatic rings. The van der Waals surface area contributed by atoms with Crippen LogP contribution in [0.3, 0.4) is 0 Å². The highest BCUT2D eigenvalue weighted by Gasteiger charge is 2.44. The highest BCUT2D eigenvalue weighted by atomic mass is 32.2. The molecule has 2 aliphatic rings. The van der Waals surface area contributed by atoms with E-state index in [4.69, 9.17) is 4.74 Å². The largest absolute Gasteiger partial charge is 0.394 e. The number of ether oxygens (including phenoxy) is 1. The maximum absolute atomic E-state index is 10.4. The highest BCUT2D eigenvalue weighted by molar-refractivity contribution is 8.05. The van der Waals surface area contributed by atoms with Gasteiger partial charge in [0.2, 0.25) is 0 Å². The van der Waals surface area contributed by atoms with Gasteiger partial charge in [0.05, 0.1) is 12.9 Å². The van der Waals surface area contributed by atoms with E-state index in [9.17, 15) is 15.3 Å². The fraction of sp³-hybridized carbons (Fsp3) is 0.227. The van der Waals surface area contributed by atoms with Crippen LogP contribution < -0.4 is 0 Å². The molecule has 10 heteroatoms. The van der Waals surface area contributed by atoms with Gasteiger partial charge in [0.1, 0.15) is 35.8 Å². The lowest BCUT2D eigenvalue weighted by molar-refractivity contribution is -0.0511. The van der Waals surface area contributed by atoms with E-state index in [0.717, 1.165) is 15.4 Å². The highest BCUT2D eigenvalue weighted by Crippen LogP contribution is 2.51. The lowest BCUT2D eigenvalue weighted by Crippen LogP contribution is -2.33. The molecule has 4 atom stereocenters. The fourth-order valence-electron chi connectivity index (χ4n) is 4.08. The SMILES string of the molecule is OC[C@H]1OC(n2cnc3c(-c4cccc5c4Sc4ccccc4S5)ncnc32)[C@H](O)[C@@H]1O. The number of aromatic nitrogens is 4. The fourth-order valence-corrected chi connectivity index (χ4v) is 6.46. The number of benzene rings is 2. The smallest absolute Gasteiger partial charge is 0.166 e. The van der Waals surface area contributed by atoms with Gasteiger partial charge in [-0.3, -0.25) is 4.57 Å². The van der Waals surface area contributed by atoms with Crippen molar-refractivity contribution >= 4 is 34.7 Å². The summed E-state index contributed by atoms with van der Waals surface area (Å²) in [6.07, 6.45) is -1.20. The zero-order valence-corrected chi connectivity index (χ0v) is 18.2. The molecule has 4 heterocycles. The number of hydrogen-bond acceptors (Lipinski definition) is 9. The first-order valence-electron chi connectivity index (χ1n) is 10.0. The van der Waals surface area contributed by atoms with Gasteiger partial charge in [0, 0.05) is 25.1 Å². The van der Waals surface area contributed by atoms with Gasteiger partial charge < -0.3 is 20.1 Å². The van der Waals surface area contributed by atoms with Crippen LogP contribution in [0, 0.1) is 0 Å². The standard InChI is InChI=1S/C22H18N4O4S2/c27-8-12-18(28)19(29)22(30-12)26-10-25-17-16(23-9-24-21(17)26)11-4-3-7-15-20(11)32-14-6-2-1-5-13(14)31-15/h1-7,9-10,12,18-19,22,27-29H,8H2/t12-,18-,19-,22?/m1/s1. The predicted octanol–water partition coefficient (Wildman–Crippen LogP) is 2.72. The van der Waals surface area contributed by atoms with Crippen LogP contribution in [0.15, 0.2) is 74.7 Å². The second kappa shape index (κ2) is 7.84. The van der Waals surface area contributed by atoms with Crippen molar-refractivity contribution in [2.24, 2.45) is 0 Å². The summed E-state index contributed by atoms with van der Waals surface area (Å²) in [6.45, 7) is -0.395. The van der Waals surface area contributed by atoms with Crippen LogP contribution in [-0.4, -0.2) is 59.8 Å².